The summed E-state index contributed by atoms with van der Waals surface area (Å²) in [7, 11) is -0.753. The van der Waals surface area contributed by atoms with Crippen molar-refractivity contribution in [2.75, 3.05) is 44.5 Å². The lowest BCUT2D eigenvalue weighted by Crippen LogP contribution is -2.53. The van der Waals surface area contributed by atoms with Crippen LogP contribution in [0.2, 0.25) is 0 Å². The highest BCUT2D eigenvalue weighted by atomic mass is 32.2. The van der Waals surface area contributed by atoms with Crippen molar-refractivity contribution in [3.63, 3.8) is 0 Å². The van der Waals surface area contributed by atoms with Crippen LogP contribution in [0.3, 0.4) is 0 Å². The number of ether oxygens (including phenoxy) is 3. The number of benzene rings is 4. The van der Waals surface area contributed by atoms with Gasteiger partial charge in [0.1, 0.15) is 6.04 Å². The summed E-state index contributed by atoms with van der Waals surface area (Å²) in [4.78, 5) is 42.2. The molecule has 0 heterocycles. The van der Waals surface area contributed by atoms with E-state index >= 15 is 0 Å². The first-order valence-electron chi connectivity index (χ1n) is 22.5. The Bertz CT molecular complexity index is 2180. The molecule has 0 aliphatic rings. The molecule has 0 saturated heterocycles. The number of nitrogens with one attached hydrogen (secondary N) is 3. The van der Waals surface area contributed by atoms with Gasteiger partial charge in [-0.3, -0.25) is 18.7 Å². The van der Waals surface area contributed by atoms with E-state index in [2.05, 4.69) is 22.9 Å². The second-order valence-corrected chi connectivity index (χ2v) is 19.3. The third-order valence-electron chi connectivity index (χ3n) is 11.9. The minimum Gasteiger partial charge on any atom is -0.391 e. The fraction of sp³-hybridized carbons (Fsp3) is 0.471. The third-order valence-corrected chi connectivity index (χ3v) is 13.1. The summed E-state index contributed by atoms with van der Waals surface area (Å²) >= 11 is 0. The van der Waals surface area contributed by atoms with Crippen molar-refractivity contribution in [1.82, 2.24) is 16.0 Å². The van der Waals surface area contributed by atoms with E-state index in [0.717, 1.165) is 27.3 Å². The molecule has 3 amide bonds. The van der Waals surface area contributed by atoms with Gasteiger partial charge >= 0.3 is 0 Å². The second kappa shape index (κ2) is 26.1. The average Bonchev–Trinajstić information content (AvgIpc) is 3.30. The van der Waals surface area contributed by atoms with E-state index in [1.165, 1.54) is 13.1 Å². The Hall–Kier alpha value is -5.12. The van der Waals surface area contributed by atoms with Crippen LogP contribution in [0, 0.1) is 17.8 Å². The second-order valence-electron chi connectivity index (χ2n) is 17.3. The predicted octanol–water partition coefficient (Wildman–Crippen LogP) is 7.17. The molecule has 4 aromatic carbocycles. The lowest BCUT2D eigenvalue weighted by molar-refractivity contribution is -0.134. The lowest BCUT2D eigenvalue weighted by atomic mass is 9.86. The molecule has 13 nitrogen and oxygen atoms in total. The number of carbonyl (C=O) groups is 3. The Kier molecular flexibility index (Phi) is 21.1. The van der Waals surface area contributed by atoms with Crippen LogP contribution >= 0.6 is 0 Å². The van der Waals surface area contributed by atoms with Crippen LogP contribution < -0.4 is 20.3 Å². The Balaban J connectivity index is 1.65. The molecule has 2 unspecified atom stereocenters. The molecule has 4 rings (SSSR count). The highest BCUT2D eigenvalue weighted by molar-refractivity contribution is 7.92. The quantitative estimate of drug-likeness (QED) is 0.0453. The molecule has 0 saturated carbocycles. The summed E-state index contributed by atoms with van der Waals surface area (Å²) in [5, 5.41) is 21.0. The van der Waals surface area contributed by atoms with Crippen molar-refractivity contribution >= 4 is 33.4 Å². The van der Waals surface area contributed by atoms with Crippen molar-refractivity contribution < 1.29 is 42.1 Å². The summed E-state index contributed by atoms with van der Waals surface area (Å²) in [5.41, 5.74) is 3.88. The van der Waals surface area contributed by atoms with E-state index in [4.69, 9.17) is 14.2 Å². The van der Waals surface area contributed by atoms with E-state index < -0.39 is 46.1 Å². The van der Waals surface area contributed by atoms with Gasteiger partial charge in [-0.05, 0) is 71.0 Å². The fourth-order valence-corrected chi connectivity index (χ4v) is 7.97. The maximum atomic E-state index is 14.5. The van der Waals surface area contributed by atoms with Crippen LogP contribution in [0.25, 0.3) is 0 Å². The number of rotatable bonds is 27. The van der Waals surface area contributed by atoms with Gasteiger partial charge in [0.15, 0.2) is 0 Å². The van der Waals surface area contributed by atoms with E-state index in [-0.39, 0.29) is 67.1 Å². The molecule has 0 fully saturated rings. The predicted molar refractivity (Wildman–Crippen MR) is 256 cm³/mol. The number of hydrogen-bond donors (Lipinski definition) is 4. The molecule has 0 aromatic heterocycles. The monoisotopic (exact) mass is 914 g/mol. The SMILES string of the molecule is CCC(C)[C@H](NC(=O)[C@@H](C[C@H](O)[C@H](COCc1ccccc1)NC(=O)c1cc(C(C[C@H](C)c2ccccc2)OCCOC)cc(N(C)S(C)(=O)=O)c1)C(C)C)C(=O)NCc1ccccc1. The first-order chi connectivity index (χ1) is 31.0. The zero-order valence-electron chi connectivity index (χ0n) is 39.2. The highest BCUT2D eigenvalue weighted by Gasteiger charge is 2.34. The Morgan fingerprint density at radius 2 is 1.38 bits per heavy atom. The molecule has 0 aliphatic carbocycles. The molecule has 4 N–H and O–H groups in total. The van der Waals surface area contributed by atoms with Gasteiger partial charge in [-0.25, -0.2) is 8.42 Å². The number of methoxy groups -OCH3 is 1. The van der Waals surface area contributed by atoms with Crippen LogP contribution in [0.15, 0.2) is 109 Å². The summed E-state index contributed by atoms with van der Waals surface area (Å²) in [6.07, 6.45) is 0.349. The van der Waals surface area contributed by atoms with Gasteiger partial charge in [-0.15, -0.1) is 0 Å². The van der Waals surface area contributed by atoms with Crippen molar-refractivity contribution in [3.05, 3.63) is 137 Å². The third kappa shape index (κ3) is 16.7. The molecular weight excluding hydrogens is 845 g/mol. The van der Waals surface area contributed by atoms with Crippen LogP contribution in [-0.4, -0.2) is 89.7 Å². The zero-order chi connectivity index (χ0) is 47.5. The van der Waals surface area contributed by atoms with Crippen molar-refractivity contribution in [3.8, 4) is 0 Å². The number of sulfonamides is 1. The van der Waals surface area contributed by atoms with Gasteiger partial charge < -0.3 is 35.3 Å². The lowest BCUT2D eigenvalue weighted by Gasteiger charge is -2.31. The molecule has 7 atom stereocenters. The maximum Gasteiger partial charge on any atom is 0.251 e. The highest BCUT2D eigenvalue weighted by Crippen LogP contribution is 2.34. The number of aliphatic hydroxyl groups is 1. The number of aliphatic hydroxyl groups excluding tert-OH is 1. The molecule has 14 heteroatoms. The van der Waals surface area contributed by atoms with E-state index in [1.807, 2.05) is 119 Å². The Morgan fingerprint density at radius 1 is 0.769 bits per heavy atom. The summed E-state index contributed by atoms with van der Waals surface area (Å²) < 4.78 is 44.7. The van der Waals surface area contributed by atoms with Crippen LogP contribution in [-0.2, 0) is 47.0 Å². The number of anilines is 1. The number of nitrogens with zero attached hydrogens (tertiary/aromatic N) is 1. The minimum atomic E-state index is -3.75. The van der Waals surface area contributed by atoms with Crippen LogP contribution in [0.5, 0.6) is 0 Å². The maximum absolute atomic E-state index is 14.5. The number of carbonyl (C=O) groups excluding carboxylic acids is 3. The van der Waals surface area contributed by atoms with Gasteiger partial charge in [0.25, 0.3) is 5.91 Å². The number of amides is 3. The van der Waals surface area contributed by atoms with Gasteiger partial charge in [0.2, 0.25) is 21.8 Å². The van der Waals surface area contributed by atoms with E-state index in [9.17, 15) is 27.9 Å². The number of hydrogen-bond acceptors (Lipinski definition) is 9. The standard InChI is InChI=1S/C51H70N4O9S/c1-9-36(4)48(51(59)52-32-38-19-13-10-14-20-38)54-50(58)44(35(2)3)31-46(56)45(34-63-33-39-21-15-11-16-22-39)53-49(57)42-28-41(29-43(30-42)55(6)65(8,60)61)47(64-26-25-62-7)27-37(5)40-23-17-12-18-24-40/h10-24,28-30,35-37,44-48,56H,9,25-27,31-34H2,1-8H3,(H,52,59)(H,53,57)(H,54,58)/t36?,37-,44-,45-,46-,47?,48-/m0/s1. The van der Waals surface area contributed by atoms with Gasteiger partial charge in [0.05, 0.1) is 56.6 Å². The van der Waals surface area contributed by atoms with Crippen molar-refractivity contribution in [2.24, 2.45) is 17.8 Å². The van der Waals surface area contributed by atoms with Crippen LogP contribution in [0.4, 0.5) is 5.69 Å². The molecule has 65 heavy (non-hydrogen) atoms. The normalized spacial score (nSPS) is 14.9. The van der Waals surface area contributed by atoms with Crippen molar-refractivity contribution in [2.45, 2.75) is 97.2 Å². The average molecular weight is 915 g/mol. The summed E-state index contributed by atoms with van der Waals surface area (Å²) in [6, 6.07) is 32.0. The van der Waals surface area contributed by atoms with Gasteiger partial charge in [0, 0.05) is 32.2 Å². The minimum absolute atomic E-state index is 0.0360. The largest absolute Gasteiger partial charge is 0.391 e. The molecule has 4 aromatic rings. The van der Waals surface area contributed by atoms with Gasteiger partial charge in [-0.2, -0.15) is 0 Å². The molecule has 354 valence electrons. The molecule has 0 bridgehead atoms. The van der Waals surface area contributed by atoms with Gasteiger partial charge in [-0.1, -0.05) is 132 Å². The first-order valence-corrected chi connectivity index (χ1v) is 24.3. The first kappa shape index (κ1) is 52.5. The molecule has 0 aliphatic heterocycles. The smallest absolute Gasteiger partial charge is 0.251 e. The Labute approximate surface area is 386 Å². The fourth-order valence-electron chi connectivity index (χ4n) is 7.48. The molecule has 0 spiro atoms. The van der Waals surface area contributed by atoms with E-state index in [1.54, 1.807) is 19.2 Å². The molecular formula is C51H70N4O9S. The topological polar surface area (TPSA) is 173 Å². The van der Waals surface area contributed by atoms with Crippen LogP contribution in [0.1, 0.15) is 98.5 Å². The summed E-state index contributed by atoms with van der Waals surface area (Å²) in [6.45, 7) is 10.7. The van der Waals surface area contributed by atoms with Crippen molar-refractivity contribution in [1.29, 1.82) is 0 Å². The zero-order valence-corrected chi connectivity index (χ0v) is 40.1. The van der Waals surface area contributed by atoms with E-state index in [0.29, 0.717) is 31.6 Å². The Morgan fingerprint density at radius 3 is 1.97 bits per heavy atom. The summed E-state index contributed by atoms with van der Waals surface area (Å²) in [5.74, 6) is -2.43. The molecule has 0 radical (unpaired) electrons.